The van der Waals surface area contributed by atoms with Crippen molar-refractivity contribution in [2.45, 2.75) is 5.92 Å². The predicted molar refractivity (Wildman–Crippen MR) is 120 cm³/mol. The molecule has 0 unspecified atom stereocenters. The van der Waals surface area contributed by atoms with Crippen LogP contribution in [0.25, 0.3) is 11.0 Å². The van der Waals surface area contributed by atoms with Gasteiger partial charge in [0.25, 0.3) is 0 Å². The lowest BCUT2D eigenvalue weighted by Crippen LogP contribution is -2.47. The molecule has 7 nitrogen and oxygen atoms in total. The van der Waals surface area contributed by atoms with Gasteiger partial charge in [-0.2, -0.15) is 5.26 Å². The Morgan fingerprint density at radius 2 is 1.65 bits per heavy atom. The van der Waals surface area contributed by atoms with Crippen molar-refractivity contribution in [3.8, 4) is 6.07 Å². The lowest BCUT2D eigenvalue weighted by Gasteiger charge is -2.37. The van der Waals surface area contributed by atoms with Crippen LogP contribution in [0.1, 0.15) is 11.6 Å². The maximum absolute atomic E-state index is 12.6. The number of aromatic nitrogens is 2. The van der Waals surface area contributed by atoms with Crippen molar-refractivity contribution in [3.05, 3.63) is 72.9 Å². The van der Waals surface area contributed by atoms with Gasteiger partial charge in [-0.3, -0.25) is 4.79 Å². The van der Waals surface area contributed by atoms with Crippen LogP contribution in [0.4, 0.5) is 11.5 Å². The van der Waals surface area contributed by atoms with Crippen molar-refractivity contribution in [2.24, 2.45) is 0 Å². The Morgan fingerprint density at radius 1 is 1.03 bits per heavy atom. The van der Waals surface area contributed by atoms with Gasteiger partial charge in [-0.15, -0.1) is 0 Å². The number of rotatable bonds is 6. The largest absolute Gasteiger partial charge is 0.460 e. The van der Waals surface area contributed by atoms with Gasteiger partial charge < -0.3 is 14.5 Å². The van der Waals surface area contributed by atoms with Crippen molar-refractivity contribution in [1.29, 1.82) is 5.26 Å². The van der Waals surface area contributed by atoms with Crippen molar-refractivity contribution < 1.29 is 9.53 Å². The fourth-order valence-electron chi connectivity index (χ4n) is 3.70. The van der Waals surface area contributed by atoms with Crippen LogP contribution < -0.4 is 9.80 Å². The van der Waals surface area contributed by atoms with Crippen molar-refractivity contribution in [2.75, 3.05) is 42.6 Å². The van der Waals surface area contributed by atoms with Gasteiger partial charge >= 0.3 is 5.97 Å². The average Bonchev–Trinajstić information content (AvgIpc) is 2.83. The van der Waals surface area contributed by atoms with Crippen LogP contribution >= 0.6 is 0 Å². The quantitative estimate of drug-likeness (QED) is 0.453. The van der Waals surface area contributed by atoms with E-state index >= 15 is 0 Å². The van der Waals surface area contributed by atoms with Crippen LogP contribution in [-0.4, -0.2) is 48.7 Å². The lowest BCUT2D eigenvalue weighted by atomic mass is 10.1. The van der Waals surface area contributed by atoms with E-state index in [9.17, 15) is 10.1 Å². The van der Waals surface area contributed by atoms with E-state index in [2.05, 4.69) is 39.6 Å². The fourth-order valence-corrected chi connectivity index (χ4v) is 3.70. The molecular formula is C24H23N5O2. The highest BCUT2D eigenvalue weighted by Crippen LogP contribution is 2.29. The minimum absolute atomic E-state index is 0.0447. The van der Waals surface area contributed by atoms with E-state index in [1.807, 2.05) is 42.5 Å². The maximum Gasteiger partial charge on any atom is 0.330 e. The van der Waals surface area contributed by atoms with Gasteiger partial charge in [0, 0.05) is 31.9 Å². The summed E-state index contributed by atoms with van der Waals surface area (Å²) in [5, 5.41) is 9.76. The first kappa shape index (κ1) is 20.4. The van der Waals surface area contributed by atoms with Crippen LogP contribution in [-0.2, 0) is 9.53 Å². The highest BCUT2D eigenvalue weighted by atomic mass is 16.5. The number of benzene rings is 2. The second-order valence-corrected chi connectivity index (χ2v) is 7.21. The number of nitriles is 1. The number of nitrogens with zero attached hydrogens (tertiary/aromatic N) is 5. The Kier molecular flexibility index (Phi) is 6.08. The van der Waals surface area contributed by atoms with E-state index in [0.29, 0.717) is 30.1 Å². The van der Waals surface area contributed by atoms with Crippen LogP contribution in [0.3, 0.4) is 0 Å². The number of carbonyl (C=O) groups is 1. The third kappa shape index (κ3) is 4.33. The number of esters is 1. The summed E-state index contributed by atoms with van der Waals surface area (Å²) >= 11 is 0. The molecule has 0 saturated carbocycles. The molecule has 0 N–H and O–H groups in total. The van der Waals surface area contributed by atoms with Gasteiger partial charge in [-0.05, 0) is 24.3 Å². The van der Waals surface area contributed by atoms with Crippen LogP contribution in [0.5, 0.6) is 0 Å². The first-order valence-corrected chi connectivity index (χ1v) is 10.2. The molecule has 0 bridgehead atoms. The SMILES string of the molecule is C=CCOC(=O)[C@H](C#N)c1nc2ccccc2nc1N1CCN(c2ccccc2)CC1. The Morgan fingerprint density at radius 3 is 2.29 bits per heavy atom. The molecule has 4 rings (SSSR count). The summed E-state index contributed by atoms with van der Waals surface area (Å²) < 4.78 is 5.15. The number of carbonyl (C=O) groups excluding carboxylic acids is 1. The van der Waals surface area contributed by atoms with Gasteiger partial charge in [0.2, 0.25) is 0 Å². The van der Waals surface area contributed by atoms with E-state index in [1.54, 1.807) is 0 Å². The fraction of sp³-hybridized carbons (Fsp3) is 0.250. The summed E-state index contributed by atoms with van der Waals surface area (Å²) in [4.78, 5) is 26.4. The summed E-state index contributed by atoms with van der Waals surface area (Å²) in [6, 6.07) is 19.8. The standard InChI is InChI=1S/C24H23N5O2/c1-2-16-31-24(30)19(17-25)22-23(27-21-11-7-6-10-20(21)26-22)29-14-12-28(13-15-29)18-8-4-3-5-9-18/h2-11,19H,1,12-16H2/t19-/m1/s1. The third-order valence-corrected chi connectivity index (χ3v) is 5.26. The normalized spacial score (nSPS) is 14.7. The van der Waals surface area contributed by atoms with Gasteiger partial charge in [0.15, 0.2) is 11.7 Å². The molecule has 7 heteroatoms. The number of hydrogen-bond donors (Lipinski definition) is 0. The Balaban J connectivity index is 1.66. The van der Waals surface area contributed by atoms with E-state index in [4.69, 9.17) is 9.72 Å². The molecular weight excluding hydrogens is 390 g/mol. The molecule has 2 heterocycles. The zero-order valence-corrected chi connectivity index (χ0v) is 17.1. The van der Waals surface area contributed by atoms with E-state index < -0.39 is 11.9 Å². The van der Waals surface area contributed by atoms with Gasteiger partial charge in [0.05, 0.1) is 17.1 Å². The van der Waals surface area contributed by atoms with Crippen molar-refractivity contribution >= 4 is 28.5 Å². The van der Waals surface area contributed by atoms with Gasteiger partial charge in [-0.1, -0.05) is 43.0 Å². The van der Waals surface area contributed by atoms with E-state index in [0.717, 1.165) is 18.6 Å². The Hall–Kier alpha value is -3.92. The smallest absolute Gasteiger partial charge is 0.330 e. The number of hydrogen-bond acceptors (Lipinski definition) is 7. The summed E-state index contributed by atoms with van der Waals surface area (Å²) in [6.07, 6.45) is 1.47. The summed E-state index contributed by atoms with van der Waals surface area (Å²) in [5.41, 5.74) is 2.88. The number of piperazine rings is 1. The topological polar surface area (TPSA) is 82.3 Å². The molecule has 156 valence electrons. The van der Waals surface area contributed by atoms with Crippen LogP contribution in [0.2, 0.25) is 0 Å². The van der Waals surface area contributed by atoms with Crippen molar-refractivity contribution in [3.63, 3.8) is 0 Å². The third-order valence-electron chi connectivity index (χ3n) is 5.26. The molecule has 3 aromatic rings. The predicted octanol–water partition coefficient (Wildman–Crippen LogP) is 3.29. The molecule has 0 aliphatic carbocycles. The molecule has 0 spiro atoms. The van der Waals surface area contributed by atoms with Crippen LogP contribution in [0.15, 0.2) is 67.3 Å². The molecule has 1 aliphatic heterocycles. The molecule has 1 aromatic heterocycles. The molecule has 0 amide bonds. The van der Waals surface area contributed by atoms with Crippen molar-refractivity contribution in [1.82, 2.24) is 9.97 Å². The van der Waals surface area contributed by atoms with E-state index in [1.165, 1.54) is 11.8 Å². The minimum atomic E-state index is -1.15. The minimum Gasteiger partial charge on any atom is -0.460 e. The molecule has 31 heavy (non-hydrogen) atoms. The molecule has 1 fully saturated rings. The zero-order valence-electron chi connectivity index (χ0n) is 17.1. The van der Waals surface area contributed by atoms with E-state index in [-0.39, 0.29) is 6.61 Å². The molecule has 1 saturated heterocycles. The molecule has 1 atom stereocenters. The molecule has 2 aromatic carbocycles. The van der Waals surface area contributed by atoms with Gasteiger partial charge in [0.1, 0.15) is 12.3 Å². The highest BCUT2D eigenvalue weighted by molar-refractivity contribution is 5.85. The Bertz CT molecular complexity index is 1120. The second-order valence-electron chi connectivity index (χ2n) is 7.21. The summed E-state index contributed by atoms with van der Waals surface area (Å²) in [5.74, 6) is -1.23. The first-order chi connectivity index (χ1) is 15.2. The lowest BCUT2D eigenvalue weighted by molar-refractivity contribution is -0.142. The number of fused-ring (bicyclic) bond motifs is 1. The summed E-state index contributed by atoms with van der Waals surface area (Å²) in [7, 11) is 0. The monoisotopic (exact) mass is 413 g/mol. The summed E-state index contributed by atoms with van der Waals surface area (Å²) in [6.45, 7) is 6.61. The maximum atomic E-state index is 12.6. The number of anilines is 2. The molecule has 1 aliphatic rings. The van der Waals surface area contributed by atoms with Crippen LogP contribution in [0, 0.1) is 11.3 Å². The molecule has 0 radical (unpaired) electrons. The highest BCUT2D eigenvalue weighted by Gasteiger charge is 2.31. The number of ether oxygens (including phenoxy) is 1. The van der Waals surface area contributed by atoms with Gasteiger partial charge in [-0.25, -0.2) is 9.97 Å². The Labute approximate surface area is 181 Å². The average molecular weight is 413 g/mol. The second kappa shape index (κ2) is 9.26. The zero-order chi connectivity index (χ0) is 21.6. The number of para-hydroxylation sites is 3. The first-order valence-electron chi connectivity index (χ1n) is 10.2.